The van der Waals surface area contributed by atoms with E-state index in [2.05, 4.69) is 6.07 Å². The van der Waals surface area contributed by atoms with E-state index in [0.29, 0.717) is 12.3 Å². The summed E-state index contributed by atoms with van der Waals surface area (Å²) < 4.78 is 10.7. The molecule has 132 valence electrons. The van der Waals surface area contributed by atoms with Crippen LogP contribution in [0.15, 0.2) is 48.5 Å². The van der Waals surface area contributed by atoms with Gasteiger partial charge in [0.15, 0.2) is 0 Å². The van der Waals surface area contributed by atoms with Gasteiger partial charge in [0, 0.05) is 12.5 Å². The smallest absolute Gasteiger partial charge is 0.325 e. The van der Waals surface area contributed by atoms with E-state index < -0.39 is 12.0 Å². The monoisotopic (exact) mass is 341 g/mol. The van der Waals surface area contributed by atoms with Gasteiger partial charge in [-0.2, -0.15) is 0 Å². The van der Waals surface area contributed by atoms with Gasteiger partial charge >= 0.3 is 5.97 Å². The van der Waals surface area contributed by atoms with Crippen LogP contribution in [0.3, 0.4) is 0 Å². The zero-order valence-corrected chi connectivity index (χ0v) is 14.5. The Morgan fingerprint density at radius 3 is 2.68 bits per heavy atom. The first-order valence-electron chi connectivity index (χ1n) is 8.37. The lowest BCUT2D eigenvalue weighted by atomic mass is 9.97. The van der Waals surface area contributed by atoms with E-state index in [1.807, 2.05) is 41.3 Å². The molecule has 25 heavy (non-hydrogen) atoms. The number of carbonyl (C=O) groups is 1. The number of hydrogen-bond donors (Lipinski definition) is 1. The summed E-state index contributed by atoms with van der Waals surface area (Å²) in [6.45, 7) is 1.42. The SMILES string of the molecule is COc1cccc(C(C(=O)O)N2CCC(c3ccccc3OC)C2)c1. The van der Waals surface area contributed by atoms with Crippen LogP contribution in [0, 0.1) is 0 Å². The van der Waals surface area contributed by atoms with Crippen LogP contribution >= 0.6 is 0 Å². The molecular formula is C20H23NO4. The van der Waals surface area contributed by atoms with Crippen molar-refractivity contribution in [1.29, 1.82) is 0 Å². The number of benzene rings is 2. The van der Waals surface area contributed by atoms with Gasteiger partial charge in [-0.1, -0.05) is 30.3 Å². The fraction of sp³-hybridized carbons (Fsp3) is 0.350. The summed E-state index contributed by atoms with van der Waals surface area (Å²) in [5, 5.41) is 9.80. The Morgan fingerprint density at radius 2 is 1.96 bits per heavy atom. The minimum atomic E-state index is -0.839. The molecule has 1 aliphatic heterocycles. The summed E-state index contributed by atoms with van der Waals surface area (Å²) in [5.74, 6) is 0.962. The number of aliphatic carboxylic acids is 1. The summed E-state index contributed by atoms with van der Waals surface area (Å²) in [6, 6.07) is 14.6. The van der Waals surface area contributed by atoms with Crippen molar-refractivity contribution in [2.75, 3.05) is 27.3 Å². The van der Waals surface area contributed by atoms with Crippen molar-refractivity contribution in [3.8, 4) is 11.5 Å². The van der Waals surface area contributed by atoms with Crippen LogP contribution in [0.1, 0.15) is 29.5 Å². The average molecular weight is 341 g/mol. The van der Waals surface area contributed by atoms with Gasteiger partial charge in [0.25, 0.3) is 0 Å². The van der Waals surface area contributed by atoms with Crippen LogP contribution in [-0.2, 0) is 4.79 Å². The maximum Gasteiger partial charge on any atom is 0.325 e. The second kappa shape index (κ2) is 7.57. The molecule has 2 unspecified atom stereocenters. The van der Waals surface area contributed by atoms with Gasteiger partial charge in [0.05, 0.1) is 14.2 Å². The molecule has 2 aromatic rings. The number of hydrogen-bond acceptors (Lipinski definition) is 4. The topological polar surface area (TPSA) is 59.0 Å². The van der Waals surface area contributed by atoms with Crippen molar-refractivity contribution in [2.45, 2.75) is 18.4 Å². The fourth-order valence-electron chi connectivity index (χ4n) is 3.60. The molecular weight excluding hydrogens is 318 g/mol. The summed E-state index contributed by atoms with van der Waals surface area (Å²) in [7, 11) is 3.25. The van der Waals surface area contributed by atoms with E-state index >= 15 is 0 Å². The average Bonchev–Trinajstić information content (AvgIpc) is 3.11. The van der Waals surface area contributed by atoms with E-state index in [-0.39, 0.29) is 5.92 Å². The van der Waals surface area contributed by atoms with E-state index in [4.69, 9.17) is 9.47 Å². The molecule has 0 aliphatic carbocycles. The number of carboxylic acid groups (broad SMARTS) is 1. The van der Waals surface area contributed by atoms with Crippen molar-refractivity contribution in [1.82, 2.24) is 4.90 Å². The highest BCUT2D eigenvalue weighted by Crippen LogP contribution is 2.37. The molecule has 2 aromatic carbocycles. The van der Waals surface area contributed by atoms with Gasteiger partial charge < -0.3 is 14.6 Å². The molecule has 0 bridgehead atoms. The summed E-state index contributed by atoms with van der Waals surface area (Å²) in [5.41, 5.74) is 1.88. The van der Waals surface area contributed by atoms with E-state index in [1.54, 1.807) is 20.3 Å². The molecule has 2 atom stereocenters. The number of likely N-dealkylation sites (tertiary alicyclic amines) is 1. The molecule has 0 aromatic heterocycles. The first kappa shape index (κ1) is 17.3. The van der Waals surface area contributed by atoms with Crippen molar-refractivity contribution in [3.05, 3.63) is 59.7 Å². The van der Waals surface area contributed by atoms with Gasteiger partial charge in [-0.25, -0.2) is 0 Å². The maximum atomic E-state index is 11.9. The van der Waals surface area contributed by atoms with Crippen LogP contribution in [-0.4, -0.2) is 43.3 Å². The predicted octanol–water partition coefficient (Wildman–Crippen LogP) is 3.32. The number of para-hydroxylation sites is 1. The molecule has 1 aliphatic rings. The van der Waals surface area contributed by atoms with Crippen LogP contribution in [0.5, 0.6) is 11.5 Å². The second-order valence-corrected chi connectivity index (χ2v) is 6.24. The number of carboxylic acids is 1. The third-order valence-corrected chi connectivity index (χ3v) is 4.81. The summed E-state index contributed by atoms with van der Waals surface area (Å²) in [4.78, 5) is 14.0. The lowest BCUT2D eigenvalue weighted by Crippen LogP contribution is -2.32. The molecule has 1 fully saturated rings. The van der Waals surface area contributed by atoms with Gasteiger partial charge in [-0.15, -0.1) is 0 Å². The van der Waals surface area contributed by atoms with Gasteiger partial charge in [-0.05, 0) is 42.3 Å². The summed E-state index contributed by atoms with van der Waals surface area (Å²) in [6.07, 6.45) is 0.911. The number of ether oxygens (including phenoxy) is 2. The second-order valence-electron chi connectivity index (χ2n) is 6.24. The highest BCUT2D eigenvalue weighted by atomic mass is 16.5. The molecule has 0 spiro atoms. The molecule has 0 saturated carbocycles. The number of nitrogens with zero attached hydrogens (tertiary/aromatic N) is 1. The van der Waals surface area contributed by atoms with Gasteiger partial charge in [0.1, 0.15) is 17.5 Å². The Bertz CT molecular complexity index is 746. The minimum absolute atomic E-state index is 0.267. The molecule has 5 heteroatoms. The lowest BCUT2D eigenvalue weighted by Gasteiger charge is -2.25. The standard InChI is InChI=1S/C20H23NO4/c1-24-16-7-5-6-14(12-16)19(20(22)23)21-11-10-15(13-21)17-8-3-4-9-18(17)25-2/h3-9,12,15,19H,10-11,13H2,1-2H3,(H,22,23). The summed E-state index contributed by atoms with van der Waals surface area (Å²) >= 11 is 0. The van der Waals surface area contributed by atoms with Crippen molar-refractivity contribution >= 4 is 5.97 Å². The predicted molar refractivity (Wildman–Crippen MR) is 95.3 cm³/mol. The third-order valence-electron chi connectivity index (χ3n) is 4.81. The molecule has 0 amide bonds. The first-order chi connectivity index (χ1) is 12.1. The van der Waals surface area contributed by atoms with E-state index in [0.717, 1.165) is 29.8 Å². The van der Waals surface area contributed by atoms with Crippen LogP contribution < -0.4 is 9.47 Å². The van der Waals surface area contributed by atoms with E-state index in [1.165, 1.54) is 0 Å². The Balaban J connectivity index is 1.83. The number of methoxy groups -OCH3 is 2. The van der Waals surface area contributed by atoms with Crippen molar-refractivity contribution in [2.24, 2.45) is 0 Å². The van der Waals surface area contributed by atoms with Crippen LogP contribution in [0.4, 0.5) is 0 Å². The maximum absolute atomic E-state index is 11.9. The Kier molecular flexibility index (Phi) is 5.24. The fourth-order valence-corrected chi connectivity index (χ4v) is 3.60. The van der Waals surface area contributed by atoms with Gasteiger partial charge in [0.2, 0.25) is 0 Å². The normalized spacial score (nSPS) is 18.7. The highest BCUT2D eigenvalue weighted by Gasteiger charge is 2.35. The Morgan fingerprint density at radius 1 is 1.16 bits per heavy atom. The van der Waals surface area contributed by atoms with Gasteiger partial charge in [-0.3, -0.25) is 9.69 Å². The quantitative estimate of drug-likeness (QED) is 0.873. The third kappa shape index (κ3) is 3.61. The molecule has 5 nitrogen and oxygen atoms in total. The molecule has 1 N–H and O–H groups in total. The molecule has 1 heterocycles. The van der Waals surface area contributed by atoms with E-state index in [9.17, 15) is 9.90 Å². The molecule has 3 rings (SSSR count). The highest BCUT2D eigenvalue weighted by molar-refractivity contribution is 5.76. The lowest BCUT2D eigenvalue weighted by molar-refractivity contribution is -0.143. The number of rotatable bonds is 6. The van der Waals surface area contributed by atoms with Crippen LogP contribution in [0.25, 0.3) is 0 Å². The Labute approximate surface area is 147 Å². The molecule has 0 radical (unpaired) electrons. The zero-order valence-electron chi connectivity index (χ0n) is 14.5. The largest absolute Gasteiger partial charge is 0.497 e. The van der Waals surface area contributed by atoms with Crippen molar-refractivity contribution in [3.63, 3.8) is 0 Å². The minimum Gasteiger partial charge on any atom is -0.497 e. The first-order valence-corrected chi connectivity index (χ1v) is 8.37. The Hall–Kier alpha value is -2.53. The molecule has 1 saturated heterocycles. The zero-order chi connectivity index (χ0) is 17.8. The van der Waals surface area contributed by atoms with Crippen LogP contribution in [0.2, 0.25) is 0 Å². The van der Waals surface area contributed by atoms with Crippen molar-refractivity contribution < 1.29 is 19.4 Å².